The van der Waals surface area contributed by atoms with Gasteiger partial charge in [-0.25, -0.2) is 0 Å². The monoisotopic (exact) mass is 281 g/mol. The van der Waals surface area contributed by atoms with Crippen LogP contribution in [0.25, 0.3) is 0 Å². The lowest BCUT2D eigenvalue weighted by atomic mass is 10.00. The first kappa shape index (κ1) is 13.1. The minimum Gasteiger partial charge on any atom is -0.454 e. The zero-order valence-electron chi connectivity index (χ0n) is 11.3. The lowest BCUT2D eigenvalue weighted by molar-refractivity contribution is 0.173. The largest absolute Gasteiger partial charge is 0.454 e. The maximum absolute atomic E-state index is 6.55. The van der Waals surface area contributed by atoms with E-state index in [4.69, 9.17) is 21.1 Å². The Morgan fingerprint density at radius 3 is 3.05 bits per heavy atom. The molecule has 0 amide bonds. The summed E-state index contributed by atoms with van der Waals surface area (Å²) in [6, 6.07) is 6.00. The average molecular weight is 282 g/mol. The summed E-state index contributed by atoms with van der Waals surface area (Å²) in [6.45, 7) is 5.86. The molecule has 3 nitrogen and oxygen atoms in total. The Labute approximate surface area is 119 Å². The lowest BCUT2D eigenvalue weighted by Crippen LogP contribution is -2.36. The van der Waals surface area contributed by atoms with Gasteiger partial charge in [0.25, 0.3) is 0 Å². The number of alkyl halides is 1. The van der Waals surface area contributed by atoms with Crippen molar-refractivity contribution >= 4 is 11.6 Å². The van der Waals surface area contributed by atoms with E-state index < -0.39 is 0 Å². The van der Waals surface area contributed by atoms with Gasteiger partial charge in [-0.15, -0.1) is 11.6 Å². The minimum atomic E-state index is 0.0137. The molecular weight excluding hydrogens is 262 g/mol. The van der Waals surface area contributed by atoms with Gasteiger partial charge in [0.15, 0.2) is 11.5 Å². The van der Waals surface area contributed by atoms with E-state index in [1.54, 1.807) is 0 Å². The number of fused-ring (bicyclic) bond motifs is 1. The summed E-state index contributed by atoms with van der Waals surface area (Å²) in [5, 5.41) is 0.0137. The van der Waals surface area contributed by atoms with Crippen LogP contribution in [0.3, 0.4) is 0 Å². The third kappa shape index (κ3) is 2.98. The molecule has 19 heavy (non-hydrogen) atoms. The van der Waals surface area contributed by atoms with Crippen molar-refractivity contribution in [2.45, 2.75) is 25.1 Å². The lowest BCUT2D eigenvalue weighted by Gasteiger charge is -2.32. The number of hydrogen-bond acceptors (Lipinski definition) is 3. The van der Waals surface area contributed by atoms with Gasteiger partial charge in [-0.1, -0.05) is 13.0 Å². The molecule has 1 fully saturated rings. The summed E-state index contributed by atoms with van der Waals surface area (Å²) in [5.74, 6) is 2.42. The van der Waals surface area contributed by atoms with Gasteiger partial charge < -0.3 is 14.4 Å². The van der Waals surface area contributed by atoms with E-state index in [1.165, 1.54) is 12.8 Å². The number of benzene rings is 1. The summed E-state index contributed by atoms with van der Waals surface area (Å²) in [4.78, 5) is 2.47. The molecule has 0 saturated carbocycles. The summed E-state index contributed by atoms with van der Waals surface area (Å²) in [5.41, 5.74) is 1.11. The van der Waals surface area contributed by atoms with Crippen LogP contribution in [0.5, 0.6) is 11.5 Å². The van der Waals surface area contributed by atoms with E-state index in [1.807, 2.05) is 18.2 Å². The molecule has 2 aliphatic rings. The van der Waals surface area contributed by atoms with E-state index in [2.05, 4.69) is 11.8 Å². The maximum Gasteiger partial charge on any atom is 0.231 e. The zero-order chi connectivity index (χ0) is 13.2. The molecule has 2 unspecified atom stereocenters. The fraction of sp³-hybridized carbons (Fsp3) is 0.600. The molecule has 1 aromatic carbocycles. The number of halogens is 1. The van der Waals surface area contributed by atoms with Crippen LogP contribution in [0, 0.1) is 5.92 Å². The highest BCUT2D eigenvalue weighted by Crippen LogP contribution is 2.36. The van der Waals surface area contributed by atoms with Crippen molar-refractivity contribution in [2.24, 2.45) is 5.92 Å². The van der Waals surface area contributed by atoms with E-state index in [-0.39, 0.29) is 5.38 Å². The first-order valence-electron chi connectivity index (χ1n) is 6.98. The van der Waals surface area contributed by atoms with Gasteiger partial charge >= 0.3 is 0 Å². The normalized spacial score (nSPS) is 24.4. The van der Waals surface area contributed by atoms with Gasteiger partial charge in [0.2, 0.25) is 6.79 Å². The number of likely N-dealkylation sites (tertiary alicyclic amines) is 1. The Balaban J connectivity index is 1.65. The van der Waals surface area contributed by atoms with Crippen LogP contribution in [0.1, 0.15) is 30.7 Å². The zero-order valence-corrected chi connectivity index (χ0v) is 12.0. The van der Waals surface area contributed by atoms with Crippen LogP contribution < -0.4 is 9.47 Å². The summed E-state index contributed by atoms with van der Waals surface area (Å²) >= 11 is 6.55. The SMILES string of the molecule is CC1CCCN(CC(Cl)c2ccc3c(c2)OCO3)C1. The van der Waals surface area contributed by atoms with Crippen LogP contribution in [-0.2, 0) is 0 Å². The Hall–Kier alpha value is -0.930. The van der Waals surface area contributed by atoms with Gasteiger partial charge in [0.1, 0.15) is 0 Å². The summed E-state index contributed by atoms with van der Waals surface area (Å²) < 4.78 is 10.7. The number of piperidine rings is 1. The highest BCUT2D eigenvalue weighted by molar-refractivity contribution is 6.21. The molecule has 1 saturated heterocycles. The van der Waals surface area contributed by atoms with Gasteiger partial charge in [0, 0.05) is 13.1 Å². The molecule has 2 atom stereocenters. The Bertz CT molecular complexity index is 452. The fourth-order valence-electron chi connectivity index (χ4n) is 2.89. The predicted octanol–water partition coefficient (Wildman–Crippen LogP) is 3.43. The molecule has 4 heteroatoms. The third-order valence-electron chi connectivity index (χ3n) is 3.92. The molecule has 0 aliphatic carbocycles. The molecule has 1 aromatic rings. The van der Waals surface area contributed by atoms with E-state index >= 15 is 0 Å². The smallest absolute Gasteiger partial charge is 0.231 e. The number of ether oxygens (including phenoxy) is 2. The fourth-order valence-corrected chi connectivity index (χ4v) is 3.22. The Morgan fingerprint density at radius 1 is 1.37 bits per heavy atom. The van der Waals surface area contributed by atoms with E-state index in [9.17, 15) is 0 Å². The van der Waals surface area contributed by atoms with Gasteiger partial charge in [0.05, 0.1) is 5.38 Å². The Kier molecular flexibility index (Phi) is 3.85. The van der Waals surface area contributed by atoms with E-state index in [0.717, 1.165) is 42.6 Å². The van der Waals surface area contributed by atoms with Crippen molar-refractivity contribution in [3.05, 3.63) is 23.8 Å². The second kappa shape index (κ2) is 5.59. The minimum absolute atomic E-state index is 0.0137. The maximum atomic E-state index is 6.55. The summed E-state index contributed by atoms with van der Waals surface area (Å²) in [6.07, 6.45) is 2.62. The standard InChI is InChI=1S/C15H20ClNO2/c1-11-3-2-6-17(8-11)9-13(16)12-4-5-14-15(7-12)19-10-18-14/h4-5,7,11,13H,2-3,6,8-10H2,1H3. The van der Waals surface area contributed by atoms with Crippen molar-refractivity contribution in [2.75, 3.05) is 26.4 Å². The number of nitrogens with zero attached hydrogens (tertiary/aromatic N) is 1. The van der Waals surface area contributed by atoms with Gasteiger partial charge in [-0.3, -0.25) is 0 Å². The molecular formula is C15H20ClNO2. The molecule has 0 aromatic heterocycles. The highest BCUT2D eigenvalue weighted by Gasteiger charge is 2.21. The number of rotatable bonds is 3. The van der Waals surface area contributed by atoms with Crippen molar-refractivity contribution in [3.8, 4) is 11.5 Å². The molecule has 0 bridgehead atoms. The van der Waals surface area contributed by atoms with Crippen molar-refractivity contribution < 1.29 is 9.47 Å². The molecule has 2 heterocycles. The molecule has 104 valence electrons. The molecule has 0 radical (unpaired) electrons. The predicted molar refractivity (Wildman–Crippen MR) is 76.0 cm³/mol. The van der Waals surface area contributed by atoms with Gasteiger partial charge in [-0.05, 0) is 43.0 Å². The highest BCUT2D eigenvalue weighted by atomic mass is 35.5. The average Bonchev–Trinajstić information content (AvgIpc) is 2.85. The molecule has 2 aliphatic heterocycles. The molecule has 3 rings (SSSR count). The Morgan fingerprint density at radius 2 is 2.21 bits per heavy atom. The van der Waals surface area contributed by atoms with Crippen molar-refractivity contribution in [1.82, 2.24) is 4.90 Å². The van der Waals surface area contributed by atoms with Crippen molar-refractivity contribution in [1.29, 1.82) is 0 Å². The third-order valence-corrected chi connectivity index (χ3v) is 4.31. The van der Waals surface area contributed by atoms with Crippen LogP contribution in [0.2, 0.25) is 0 Å². The van der Waals surface area contributed by atoms with Crippen LogP contribution in [0.4, 0.5) is 0 Å². The second-order valence-electron chi connectivity index (χ2n) is 5.59. The second-order valence-corrected chi connectivity index (χ2v) is 6.11. The molecule has 0 spiro atoms. The first-order valence-corrected chi connectivity index (χ1v) is 7.42. The summed E-state index contributed by atoms with van der Waals surface area (Å²) in [7, 11) is 0. The van der Waals surface area contributed by atoms with Crippen LogP contribution >= 0.6 is 11.6 Å². The topological polar surface area (TPSA) is 21.7 Å². The number of hydrogen-bond donors (Lipinski definition) is 0. The van der Waals surface area contributed by atoms with Crippen LogP contribution in [0.15, 0.2) is 18.2 Å². The first-order chi connectivity index (χ1) is 9.22. The quantitative estimate of drug-likeness (QED) is 0.793. The van der Waals surface area contributed by atoms with Crippen molar-refractivity contribution in [3.63, 3.8) is 0 Å². The molecule has 0 N–H and O–H groups in total. The van der Waals surface area contributed by atoms with Crippen LogP contribution in [-0.4, -0.2) is 31.3 Å². The van der Waals surface area contributed by atoms with E-state index in [0.29, 0.717) is 6.79 Å². The van der Waals surface area contributed by atoms with Gasteiger partial charge in [-0.2, -0.15) is 0 Å².